The fourth-order valence-electron chi connectivity index (χ4n) is 2.41. The largest absolute Gasteiger partial charge is 0.481 e. The van der Waals surface area contributed by atoms with Gasteiger partial charge in [0.25, 0.3) is 0 Å². The Hall–Kier alpha value is -3.53. The van der Waals surface area contributed by atoms with E-state index in [1.165, 1.54) is 29.5 Å². The van der Waals surface area contributed by atoms with Gasteiger partial charge in [-0.25, -0.2) is 14.2 Å². The summed E-state index contributed by atoms with van der Waals surface area (Å²) in [6.45, 7) is 3.39. The molecule has 0 saturated heterocycles. The number of rotatable bonds is 7. The number of carbonyl (C=O) groups is 2. The second-order valence-corrected chi connectivity index (χ2v) is 8.22. The minimum atomic E-state index is -0.963. The highest BCUT2D eigenvalue weighted by Gasteiger charge is 2.27. The number of nitrogen functional groups attached to an aromatic ring is 1. The lowest BCUT2D eigenvalue weighted by Gasteiger charge is -2.18. The van der Waals surface area contributed by atoms with Crippen LogP contribution in [0.3, 0.4) is 0 Å². The summed E-state index contributed by atoms with van der Waals surface area (Å²) in [5.74, 6) is -3.04. The molecule has 0 radical (unpaired) electrons. The number of nitrogens with one attached hydrogen (secondary N) is 2. The van der Waals surface area contributed by atoms with Crippen LogP contribution in [0.15, 0.2) is 36.4 Å². The lowest BCUT2D eigenvalue weighted by Crippen LogP contribution is -2.31. The lowest BCUT2D eigenvalue weighted by molar-refractivity contribution is -0.146. The summed E-state index contributed by atoms with van der Waals surface area (Å²) in [5, 5.41) is 20.0. The number of aliphatic carboxylic acids is 1. The maximum atomic E-state index is 14.1. The predicted molar refractivity (Wildman–Crippen MR) is 112 cm³/mol. The van der Waals surface area contributed by atoms with Crippen LogP contribution in [0.2, 0.25) is 0 Å². The van der Waals surface area contributed by atoms with Gasteiger partial charge in [0.05, 0.1) is 21.2 Å². The van der Waals surface area contributed by atoms with E-state index in [4.69, 9.17) is 15.9 Å². The third-order valence-electron chi connectivity index (χ3n) is 4.33. The van der Waals surface area contributed by atoms with Gasteiger partial charge in [0.2, 0.25) is 0 Å². The average molecular weight is 430 g/mol. The number of hydrogen-bond acceptors (Lipinski definition) is 7. The van der Waals surface area contributed by atoms with Gasteiger partial charge in [0, 0.05) is 12.1 Å². The number of aromatic nitrogens is 1. The first-order valence-electron chi connectivity index (χ1n) is 8.81. The number of esters is 1. The second-order valence-electron chi connectivity index (χ2n) is 7.19. The Morgan fingerprint density at radius 2 is 1.97 bits per heavy atom. The van der Waals surface area contributed by atoms with Crippen molar-refractivity contribution < 1.29 is 23.8 Å². The molecule has 0 amide bonds. The zero-order chi connectivity index (χ0) is 22.1. The van der Waals surface area contributed by atoms with E-state index in [9.17, 15) is 19.1 Å². The molecule has 10 heteroatoms. The monoisotopic (exact) mass is 430 g/mol. The number of nitrogens with two attached hydrogens (primary N) is 1. The molecule has 3 aromatic rings. The summed E-state index contributed by atoms with van der Waals surface area (Å²) in [6, 6.07) is 8.36. The zero-order valence-corrected chi connectivity index (χ0v) is 17.0. The Morgan fingerprint density at radius 3 is 2.60 bits per heavy atom. The van der Waals surface area contributed by atoms with Crippen LogP contribution < -0.4 is 15.8 Å². The van der Waals surface area contributed by atoms with E-state index in [1.807, 2.05) is 0 Å². The molecule has 3 rings (SSSR count). The third kappa shape index (κ3) is 4.54. The molecule has 0 aliphatic heterocycles. The number of benzene rings is 2. The Balaban J connectivity index is 1.76. The van der Waals surface area contributed by atoms with Crippen molar-refractivity contribution in [2.24, 2.45) is 11.1 Å². The molecule has 0 saturated carbocycles. The Bertz CT molecular complexity index is 1160. The van der Waals surface area contributed by atoms with Crippen molar-refractivity contribution in [2.45, 2.75) is 13.8 Å². The molecule has 1 aromatic heterocycles. The van der Waals surface area contributed by atoms with Crippen LogP contribution in [0.1, 0.15) is 29.8 Å². The van der Waals surface area contributed by atoms with Gasteiger partial charge in [-0.2, -0.15) is 0 Å². The standard InChI is InChI=1S/C20H19FN4O4S/c1-20(2,18(27)28)9-24-19-25-13-5-3-11(8-15(13)30-19)17(26)29-14-6-4-10(16(22)23)7-12(14)21/h3-8H,9H2,1-2H3,(H3,22,23)(H,24,25)(H,27,28). The van der Waals surface area contributed by atoms with Crippen LogP contribution in [0.5, 0.6) is 5.75 Å². The van der Waals surface area contributed by atoms with Crippen LogP contribution >= 0.6 is 11.3 Å². The fourth-order valence-corrected chi connectivity index (χ4v) is 3.31. The van der Waals surface area contributed by atoms with Gasteiger partial charge in [0.1, 0.15) is 5.84 Å². The number of halogens is 1. The zero-order valence-electron chi connectivity index (χ0n) is 16.2. The molecule has 0 aliphatic carbocycles. The number of hydrogen-bond donors (Lipinski definition) is 4. The quantitative estimate of drug-likeness (QED) is 0.195. The van der Waals surface area contributed by atoms with Crippen LogP contribution in [0.25, 0.3) is 10.2 Å². The van der Waals surface area contributed by atoms with Crippen molar-refractivity contribution in [3.8, 4) is 5.75 Å². The summed E-state index contributed by atoms with van der Waals surface area (Å²) in [5.41, 5.74) is 5.37. The van der Waals surface area contributed by atoms with E-state index in [2.05, 4.69) is 10.3 Å². The van der Waals surface area contributed by atoms with Crippen LogP contribution in [0.4, 0.5) is 9.52 Å². The van der Waals surface area contributed by atoms with Gasteiger partial charge in [-0.15, -0.1) is 0 Å². The van der Waals surface area contributed by atoms with E-state index >= 15 is 0 Å². The maximum absolute atomic E-state index is 14.1. The molecule has 0 atom stereocenters. The minimum absolute atomic E-state index is 0.185. The normalized spacial score (nSPS) is 11.3. The van der Waals surface area contributed by atoms with Crippen LogP contribution in [-0.4, -0.2) is 34.4 Å². The van der Waals surface area contributed by atoms with Crippen molar-refractivity contribution in [3.63, 3.8) is 0 Å². The van der Waals surface area contributed by atoms with E-state index in [-0.39, 0.29) is 29.3 Å². The lowest BCUT2D eigenvalue weighted by atomic mass is 9.94. The third-order valence-corrected chi connectivity index (χ3v) is 5.31. The minimum Gasteiger partial charge on any atom is -0.481 e. The first-order chi connectivity index (χ1) is 14.1. The molecule has 0 fully saturated rings. The van der Waals surface area contributed by atoms with E-state index in [0.717, 1.165) is 6.07 Å². The number of anilines is 1. The molecule has 156 valence electrons. The highest BCUT2D eigenvalue weighted by Crippen LogP contribution is 2.29. The average Bonchev–Trinajstić information content (AvgIpc) is 3.09. The van der Waals surface area contributed by atoms with Crippen molar-refractivity contribution in [3.05, 3.63) is 53.3 Å². The Labute approximate surface area is 175 Å². The van der Waals surface area contributed by atoms with E-state index < -0.39 is 23.2 Å². The smallest absolute Gasteiger partial charge is 0.343 e. The predicted octanol–water partition coefficient (Wildman–Crippen LogP) is 3.46. The molecule has 2 aromatic carbocycles. The Kier molecular flexibility index (Phi) is 5.70. The van der Waals surface area contributed by atoms with Gasteiger partial charge in [0.15, 0.2) is 16.7 Å². The van der Waals surface area contributed by atoms with Gasteiger partial charge < -0.3 is 20.9 Å². The number of thiazole rings is 1. The van der Waals surface area contributed by atoms with Gasteiger partial charge in [-0.1, -0.05) is 11.3 Å². The number of nitrogens with zero attached hydrogens (tertiary/aromatic N) is 1. The first-order valence-corrected chi connectivity index (χ1v) is 9.62. The van der Waals surface area contributed by atoms with Crippen molar-refractivity contribution >= 4 is 44.5 Å². The Morgan fingerprint density at radius 1 is 1.27 bits per heavy atom. The molecular weight excluding hydrogens is 411 g/mol. The first kappa shape index (κ1) is 21.2. The van der Waals surface area contributed by atoms with E-state index in [1.54, 1.807) is 26.0 Å². The van der Waals surface area contributed by atoms with Gasteiger partial charge >= 0.3 is 11.9 Å². The molecule has 0 bridgehead atoms. The molecule has 5 N–H and O–H groups in total. The molecule has 30 heavy (non-hydrogen) atoms. The number of carbonyl (C=O) groups excluding carboxylic acids is 1. The van der Waals surface area contributed by atoms with Gasteiger partial charge in [-0.3, -0.25) is 10.2 Å². The van der Waals surface area contributed by atoms with Crippen LogP contribution in [-0.2, 0) is 4.79 Å². The summed E-state index contributed by atoms with van der Waals surface area (Å²) in [7, 11) is 0. The van der Waals surface area contributed by atoms with Crippen LogP contribution in [0, 0.1) is 16.6 Å². The molecule has 1 heterocycles. The molecule has 0 aliphatic rings. The summed E-state index contributed by atoms with van der Waals surface area (Å²) in [6.07, 6.45) is 0. The number of carboxylic acids is 1. The summed E-state index contributed by atoms with van der Waals surface area (Å²) < 4.78 is 19.9. The number of ether oxygens (including phenoxy) is 1. The highest BCUT2D eigenvalue weighted by atomic mass is 32.1. The summed E-state index contributed by atoms with van der Waals surface area (Å²) >= 11 is 1.26. The summed E-state index contributed by atoms with van der Waals surface area (Å²) in [4.78, 5) is 28.0. The van der Waals surface area contributed by atoms with Gasteiger partial charge in [-0.05, 0) is 50.2 Å². The molecular formula is C20H19FN4O4S. The SMILES string of the molecule is CC(C)(CNc1nc2ccc(C(=O)Oc3ccc(C(=N)N)cc3F)cc2s1)C(=O)O. The van der Waals surface area contributed by atoms with Crippen molar-refractivity contribution in [1.29, 1.82) is 5.41 Å². The fraction of sp³-hybridized carbons (Fsp3) is 0.200. The van der Waals surface area contributed by atoms with E-state index in [0.29, 0.717) is 15.3 Å². The molecule has 0 unspecified atom stereocenters. The topological polar surface area (TPSA) is 138 Å². The molecule has 8 nitrogen and oxygen atoms in total. The molecule has 0 spiro atoms. The van der Waals surface area contributed by atoms with Crippen molar-refractivity contribution in [1.82, 2.24) is 4.98 Å². The van der Waals surface area contributed by atoms with Crippen molar-refractivity contribution in [2.75, 3.05) is 11.9 Å². The number of amidine groups is 1. The highest BCUT2D eigenvalue weighted by molar-refractivity contribution is 7.22. The number of carboxylic acid groups (broad SMARTS) is 1. The number of fused-ring (bicyclic) bond motifs is 1. The maximum Gasteiger partial charge on any atom is 0.343 e. The second kappa shape index (κ2) is 8.07.